The number of thiophene rings is 2. The molecule has 2 rings (SSSR count). The van der Waals surface area contributed by atoms with E-state index in [1.54, 1.807) is 22.7 Å². The van der Waals surface area contributed by atoms with Crippen LogP contribution in [0.3, 0.4) is 0 Å². The molecule has 2 aromatic rings. The van der Waals surface area contributed by atoms with E-state index in [0.717, 1.165) is 4.88 Å². The highest BCUT2D eigenvalue weighted by molar-refractivity contribution is 7.21. The third-order valence-electron chi connectivity index (χ3n) is 1.51. The Morgan fingerprint density at radius 2 is 2.08 bits per heavy atom. The lowest BCUT2D eigenvalue weighted by Gasteiger charge is -1.85. The molecule has 0 nitrogen and oxygen atoms in total. The Labute approximate surface area is 79.5 Å². The molecule has 0 saturated heterocycles. The van der Waals surface area contributed by atoms with Crippen LogP contribution < -0.4 is 0 Å². The Hall–Kier alpha value is -1.04. The minimum Gasteiger partial charge on any atom is -0.143 e. The second-order valence-corrected chi connectivity index (χ2v) is 4.32. The lowest BCUT2D eigenvalue weighted by atomic mass is 10.4. The van der Waals surface area contributed by atoms with Crippen LogP contribution in [0.4, 0.5) is 0 Å². The van der Waals surface area contributed by atoms with Gasteiger partial charge in [0.05, 0.1) is 4.88 Å². The highest BCUT2D eigenvalue weighted by atomic mass is 32.1. The first-order chi connectivity index (χ1) is 5.90. The first-order valence-electron chi connectivity index (χ1n) is 3.50. The van der Waals surface area contributed by atoms with Crippen LogP contribution >= 0.6 is 22.7 Å². The van der Waals surface area contributed by atoms with Crippen molar-refractivity contribution >= 4 is 22.7 Å². The maximum Gasteiger partial charge on any atom is 0.0772 e. The molecule has 2 heteroatoms. The lowest BCUT2D eigenvalue weighted by molar-refractivity contribution is 1.91. The third-order valence-corrected chi connectivity index (χ3v) is 3.59. The molecule has 58 valence electrons. The van der Waals surface area contributed by atoms with E-state index in [1.165, 1.54) is 9.75 Å². The largest absolute Gasteiger partial charge is 0.143 e. The highest BCUT2D eigenvalue weighted by Gasteiger charge is 2.00. The molecule has 0 bridgehead atoms. The molecule has 0 atom stereocenters. The van der Waals surface area contributed by atoms with Crippen LogP contribution in [-0.2, 0) is 0 Å². The summed E-state index contributed by atoms with van der Waals surface area (Å²) >= 11 is 3.41. The van der Waals surface area contributed by atoms with Crippen LogP contribution in [0.2, 0.25) is 0 Å². The molecular formula is C10H6S2. The van der Waals surface area contributed by atoms with Crippen molar-refractivity contribution in [1.29, 1.82) is 0 Å². The van der Waals surface area contributed by atoms with E-state index in [1.807, 2.05) is 6.07 Å². The first-order valence-corrected chi connectivity index (χ1v) is 5.20. The van der Waals surface area contributed by atoms with Gasteiger partial charge in [-0.15, -0.1) is 29.1 Å². The zero-order chi connectivity index (χ0) is 8.39. The predicted octanol–water partition coefficient (Wildman–Crippen LogP) is 3.46. The Morgan fingerprint density at radius 1 is 1.17 bits per heavy atom. The van der Waals surface area contributed by atoms with Gasteiger partial charge in [0.2, 0.25) is 0 Å². The van der Waals surface area contributed by atoms with Gasteiger partial charge in [0.1, 0.15) is 0 Å². The molecule has 0 unspecified atom stereocenters. The minimum atomic E-state index is 0.999. The van der Waals surface area contributed by atoms with E-state index >= 15 is 0 Å². The Morgan fingerprint density at radius 3 is 2.67 bits per heavy atom. The summed E-state index contributed by atoms with van der Waals surface area (Å²) < 4.78 is 0. The van der Waals surface area contributed by atoms with Gasteiger partial charge in [-0.1, -0.05) is 12.0 Å². The molecule has 0 fully saturated rings. The quantitative estimate of drug-likeness (QED) is 0.604. The van der Waals surface area contributed by atoms with E-state index in [9.17, 15) is 0 Å². The van der Waals surface area contributed by atoms with E-state index in [-0.39, 0.29) is 0 Å². The molecule has 2 aromatic heterocycles. The van der Waals surface area contributed by atoms with E-state index < -0.39 is 0 Å². The lowest BCUT2D eigenvalue weighted by Crippen LogP contribution is -1.55. The fourth-order valence-corrected chi connectivity index (χ4v) is 2.62. The molecule has 2 heterocycles. The van der Waals surface area contributed by atoms with Gasteiger partial charge in [-0.25, -0.2) is 0 Å². The summed E-state index contributed by atoms with van der Waals surface area (Å²) in [5.74, 6) is 2.63. The van der Waals surface area contributed by atoms with Gasteiger partial charge in [-0.05, 0) is 23.6 Å². The SMILES string of the molecule is C#Cc1ccc(-c2cccs2)s1. The number of hydrogen-bond acceptors (Lipinski definition) is 2. The van der Waals surface area contributed by atoms with Crippen LogP contribution in [0.25, 0.3) is 9.75 Å². The Bertz CT molecular complexity index is 401. The molecule has 0 aliphatic rings. The van der Waals surface area contributed by atoms with Gasteiger partial charge in [0, 0.05) is 9.75 Å². The van der Waals surface area contributed by atoms with Crippen molar-refractivity contribution < 1.29 is 0 Å². The molecule has 0 aliphatic carbocycles. The fourth-order valence-electron chi connectivity index (χ4n) is 0.967. The number of hydrogen-bond donors (Lipinski definition) is 0. The maximum absolute atomic E-state index is 5.28. The Kier molecular flexibility index (Phi) is 1.99. The van der Waals surface area contributed by atoms with E-state index in [0.29, 0.717) is 0 Å². The highest BCUT2D eigenvalue weighted by Crippen LogP contribution is 2.30. The molecule has 0 radical (unpaired) electrons. The topological polar surface area (TPSA) is 0 Å². The molecule has 0 saturated carbocycles. The van der Waals surface area contributed by atoms with E-state index in [4.69, 9.17) is 6.42 Å². The smallest absolute Gasteiger partial charge is 0.0772 e. The molecule has 0 amide bonds. The normalized spacial score (nSPS) is 9.58. The van der Waals surface area contributed by atoms with Gasteiger partial charge in [0.15, 0.2) is 0 Å². The first kappa shape index (κ1) is 7.60. The van der Waals surface area contributed by atoms with Gasteiger partial charge in [-0.2, -0.15) is 0 Å². The summed E-state index contributed by atoms with van der Waals surface area (Å²) in [4.78, 5) is 3.55. The minimum absolute atomic E-state index is 0.999. The molecule has 12 heavy (non-hydrogen) atoms. The van der Waals surface area contributed by atoms with Crippen LogP contribution in [0.1, 0.15) is 4.88 Å². The zero-order valence-corrected chi connectivity index (χ0v) is 7.91. The predicted molar refractivity (Wildman–Crippen MR) is 55.6 cm³/mol. The second kappa shape index (κ2) is 3.14. The Balaban J connectivity index is 2.44. The molecule has 0 spiro atoms. The van der Waals surface area contributed by atoms with Crippen molar-refractivity contribution in [3.05, 3.63) is 34.5 Å². The standard InChI is InChI=1S/C10H6S2/c1-2-8-5-6-10(12-8)9-4-3-7-11-9/h1,3-7H. The van der Waals surface area contributed by atoms with Crippen LogP contribution in [0.5, 0.6) is 0 Å². The number of terminal acetylenes is 1. The average molecular weight is 190 g/mol. The summed E-state index contributed by atoms with van der Waals surface area (Å²) in [6.45, 7) is 0. The van der Waals surface area contributed by atoms with Gasteiger partial charge in [0.25, 0.3) is 0 Å². The van der Waals surface area contributed by atoms with Crippen molar-refractivity contribution in [1.82, 2.24) is 0 Å². The van der Waals surface area contributed by atoms with Crippen molar-refractivity contribution in [3.63, 3.8) is 0 Å². The summed E-state index contributed by atoms with van der Waals surface area (Å²) in [5, 5.41) is 2.07. The van der Waals surface area contributed by atoms with Crippen molar-refractivity contribution in [2.24, 2.45) is 0 Å². The van der Waals surface area contributed by atoms with Crippen LogP contribution in [0, 0.1) is 12.3 Å². The van der Waals surface area contributed by atoms with Crippen LogP contribution in [0.15, 0.2) is 29.6 Å². The fraction of sp³-hybridized carbons (Fsp3) is 0. The van der Waals surface area contributed by atoms with E-state index in [2.05, 4.69) is 29.5 Å². The molecular weight excluding hydrogens is 184 g/mol. The third kappa shape index (κ3) is 1.29. The van der Waals surface area contributed by atoms with Gasteiger partial charge >= 0.3 is 0 Å². The molecule has 0 aromatic carbocycles. The summed E-state index contributed by atoms with van der Waals surface area (Å²) in [6, 6.07) is 8.22. The van der Waals surface area contributed by atoms with Gasteiger partial charge < -0.3 is 0 Å². The molecule has 0 aliphatic heterocycles. The summed E-state index contributed by atoms with van der Waals surface area (Å²) in [6.07, 6.45) is 5.28. The van der Waals surface area contributed by atoms with Crippen molar-refractivity contribution in [2.75, 3.05) is 0 Å². The number of rotatable bonds is 1. The summed E-state index contributed by atoms with van der Waals surface area (Å²) in [5.41, 5.74) is 0. The zero-order valence-electron chi connectivity index (χ0n) is 6.28. The summed E-state index contributed by atoms with van der Waals surface area (Å²) in [7, 11) is 0. The second-order valence-electron chi connectivity index (χ2n) is 2.29. The van der Waals surface area contributed by atoms with Crippen molar-refractivity contribution in [3.8, 4) is 22.1 Å². The van der Waals surface area contributed by atoms with Crippen molar-refractivity contribution in [2.45, 2.75) is 0 Å². The van der Waals surface area contributed by atoms with Gasteiger partial charge in [-0.3, -0.25) is 0 Å². The monoisotopic (exact) mass is 190 g/mol. The van der Waals surface area contributed by atoms with Crippen LogP contribution in [-0.4, -0.2) is 0 Å². The molecule has 0 N–H and O–H groups in total. The maximum atomic E-state index is 5.28. The average Bonchev–Trinajstić information content (AvgIpc) is 2.75.